The molecule has 0 unspecified atom stereocenters. The van der Waals surface area contributed by atoms with Gasteiger partial charge >= 0.3 is 0 Å². The average Bonchev–Trinajstić information content (AvgIpc) is 2.63. The molecule has 1 aromatic heterocycles. The second-order valence-electron chi connectivity index (χ2n) is 4.70. The molecule has 18 heavy (non-hydrogen) atoms. The van der Waals surface area contributed by atoms with Crippen LogP contribution in [0.4, 0.5) is 0 Å². The summed E-state index contributed by atoms with van der Waals surface area (Å²) in [5.74, 6) is 0. The van der Waals surface area contributed by atoms with E-state index in [9.17, 15) is 8.42 Å². The summed E-state index contributed by atoms with van der Waals surface area (Å²) < 4.78 is 27.5. The van der Waals surface area contributed by atoms with Gasteiger partial charge in [-0.05, 0) is 37.3 Å². The molecular weight excluding hydrogens is 268 g/mol. The summed E-state index contributed by atoms with van der Waals surface area (Å²) in [5, 5.41) is 5.11. The van der Waals surface area contributed by atoms with E-state index in [0.717, 1.165) is 36.2 Å². The molecule has 1 aliphatic carbocycles. The predicted octanol–water partition coefficient (Wildman–Crippen LogP) is 2.00. The van der Waals surface area contributed by atoms with E-state index in [4.69, 9.17) is 0 Å². The van der Waals surface area contributed by atoms with Gasteiger partial charge < -0.3 is 5.32 Å². The monoisotopic (exact) mass is 288 g/mol. The van der Waals surface area contributed by atoms with Crippen LogP contribution in [0.1, 0.15) is 36.6 Å². The standard InChI is InChI=1S/C12H20N2O2S2/c1-3-13-7-11-12(9(2)8-17-11)18(15,16)14-10-5-4-6-10/h8,10,13-14H,3-7H2,1-2H3. The number of hydrogen-bond acceptors (Lipinski definition) is 4. The number of aryl methyl sites for hydroxylation is 1. The minimum Gasteiger partial charge on any atom is -0.312 e. The summed E-state index contributed by atoms with van der Waals surface area (Å²) in [6.45, 7) is 5.34. The zero-order valence-electron chi connectivity index (χ0n) is 10.8. The maximum Gasteiger partial charge on any atom is 0.242 e. The van der Waals surface area contributed by atoms with Gasteiger partial charge in [0.25, 0.3) is 0 Å². The lowest BCUT2D eigenvalue weighted by Gasteiger charge is -2.26. The highest BCUT2D eigenvalue weighted by molar-refractivity contribution is 7.89. The van der Waals surface area contributed by atoms with Gasteiger partial charge in [-0.3, -0.25) is 0 Å². The van der Waals surface area contributed by atoms with Crippen molar-refractivity contribution in [2.75, 3.05) is 6.54 Å². The molecular formula is C12H20N2O2S2. The predicted molar refractivity (Wildman–Crippen MR) is 74.4 cm³/mol. The molecule has 102 valence electrons. The first kappa shape index (κ1) is 14.0. The summed E-state index contributed by atoms with van der Waals surface area (Å²) in [7, 11) is -3.35. The molecule has 2 N–H and O–H groups in total. The third kappa shape index (κ3) is 2.93. The highest BCUT2D eigenvalue weighted by Gasteiger charge is 2.28. The van der Waals surface area contributed by atoms with Crippen LogP contribution in [-0.4, -0.2) is 21.0 Å². The summed E-state index contributed by atoms with van der Waals surface area (Å²) in [6.07, 6.45) is 3.05. The molecule has 1 aromatic rings. The molecule has 1 fully saturated rings. The van der Waals surface area contributed by atoms with Crippen LogP contribution in [0.5, 0.6) is 0 Å². The van der Waals surface area contributed by atoms with Gasteiger partial charge in [-0.15, -0.1) is 11.3 Å². The van der Waals surface area contributed by atoms with Crippen LogP contribution in [-0.2, 0) is 16.6 Å². The molecule has 0 saturated heterocycles. The fourth-order valence-electron chi connectivity index (χ4n) is 2.01. The van der Waals surface area contributed by atoms with Crippen molar-refractivity contribution >= 4 is 21.4 Å². The van der Waals surface area contributed by atoms with Gasteiger partial charge in [0, 0.05) is 17.5 Å². The number of hydrogen-bond donors (Lipinski definition) is 2. The first-order chi connectivity index (χ1) is 8.54. The SMILES string of the molecule is CCNCc1scc(C)c1S(=O)(=O)NC1CCC1. The number of nitrogens with one attached hydrogen (secondary N) is 2. The third-order valence-electron chi connectivity index (χ3n) is 3.22. The van der Waals surface area contributed by atoms with Crippen molar-refractivity contribution in [1.82, 2.24) is 10.0 Å². The highest BCUT2D eigenvalue weighted by atomic mass is 32.2. The van der Waals surface area contributed by atoms with Crippen molar-refractivity contribution in [1.29, 1.82) is 0 Å². The number of rotatable bonds is 6. The summed E-state index contributed by atoms with van der Waals surface area (Å²) in [4.78, 5) is 1.39. The van der Waals surface area contributed by atoms with Gasteiger partial charge in [0.2, 0.25) is 10.0 Å². The van der Waals surface area contributed by atoms with Crippen LogP contribution < -0.4 is 10.0 Å². The first-order valence-corrected chi connectivity index (χ1v) is 8.71. The van der Waals surface area contributed by atoms with Gasteiger partial charge in [0.15, 0.2) is 0 Å². The molecule has 1 heterocycles. The van der Waals surface area contributed by atoms with Crippen LogP contribution in [0.2, 0.25) is 0 Å². The molecule has 1 saturated carbocycles. The molecule has 1 aliphatic rings. The molecule has 0 radical (unpaired) electrons. The zero-order valence-corrected chi connectivity index (χ0v) is 12.5. The lowest BCUT2D eigenvalue weighted by molar-refractivity contribution is 0.383. The second kappa shape index (κ2) is 5.69. The van der Waals surface area contributed by atoms with Crippen molar-refractivity contribution in [3.8, 4) is 0 Å². The lowest BCUT2D eigenvalue weighted by atomic mass is 9.94. The average molecular weight is 288 g/mol. The largest absolute Gasteiger partial charge is 0.312 e. The van der Waals surface area contributed by atoms with E-state index in [0.29, 0.717) is 11.4 Å². The van der Waals surface area contributed by atoms with Crippen LogP contribution in [0.15, 0.2) is 10.3 Å². The Kier molecular flexibility index (Phi) is 4.42. The van der Waals surface area contributed by atoms with Crippen LogP contribution in [0, 0.1) is 6.92 Å². The van der Waals surface area contributed by atoms with Gasteiger partial charge in [-0.25, -0.2) is 13.1 Å². The number of sulfonamides is 1. The normalized spacial score (nSPS) is 16.8. The molecule has 0 aromatic carbocycles. The summed E-state index contributed by atoms with van der Waals surface area (Å²) in [6, 6.07) is 0.140. The van der Waals surface area contributed by atoms with E-state index in [1.807, 2.05) is 19.2 Å². The van der Waals surface area contributed by atoms with Gasteiger partial charge in [-0.1, -0.05) is 13.3 Å². The molecule has 0 bridgehead atoms. The van der Waals surface area contributed by atoms with E-state index in [1.165, 1.54) is 11.3 Å². The van der Waals surface area contributed by atoms with E-state index in [2.05, 4.69) is 10.0 Å². The van der Waals surface area contributed by atoms with Crippen molar-refractivity contribution in [3.05, 3.63) is 15.8 Å². The van der Waals surface area contributed by atoms with Crippen molar-refractivity contribution in [3.63, 3.8) is 0 Å². The Morgan fingerprint density at radius 1 is 1.44 bits per heavy atom. The Morgan fingerprint density at radius 2 is 2.17 bits per heavy atom. The van der Waals surface area contributed by atoms with Crippen molar-refractivity contribution < 1.29 is 8.42 Å². The molecule has 0 atom stereocenters. The number of thiophene rings is 1. The molecule has 6 heteroatoms. The molecule has 4 nitrogen and oxygen atoms in total. The van der Waals surface area contributed by atoms with E-state index >= 15 is 0 Å². The maximum atomic E-state index is 12.4. The summed E-state index contributed by atoms with van der Waals surface area (Å²) in [5.41, 5.74) is 0.847. The summed E-state index contributed by atoms with van der Waals surface area (Å²) >= 11 is 1.51. The highest BCUT2D eigenvalue weighted by Crippen LogP contribution is 2.28. The zero-order chi connectivity index (χ0) is 13.2. The van der Waals surface area contributed by atoms with Crippen LogP contribution in [0.25, 0.3) is 0 Å². The lowest BCUT2D eigenvalue weighted by Crippen LogP contribution is -2.39. The Balaban J connectivity index is 2.21. The van der Waals surface area contributed by atoms with Crippen LogP contribution >= 0.6 is 11.3 Å². The van der Waals surface area contributed by atoms with Crippen molar-refractivity contribution in [2.24, 2.45) is 0 Å². The Morgan fingerprint density at radius 3 is 2.72 bits per heavy atom. The van der Waals surface area contributed by atoms with Gasteiger partial charge in [-0.2, -0.15) is 0 Å². The minimum atomic E-state index is -3.35. The van der Waals surface area contributed by atoms with Crippen molar-refractivity contribution in [2.45, 2.75) is 50.6 Å². The fraction of sp³-hybridized carbons (Fsp3) is 0.667. The smallest absolute Gasteiger partial charge is 0.242 e. The second-order valence-corrected chi connectivity index (χ2v) is 7.32. The maximum absolute atomic E-state index is 12.4. The van der Waals surface area contributed by atoms with E-state index in [1.54, 1.807) is 0 Å². The Hall–Kier alpha value is -0.430. The third-order valence-corrected chi connectivity index (χ3v) is 6.20. The van der Waals surface area contributed by atoms with E-state index in [-0.39, 0.29) is 6.04 Å². The minimum absolute atomic E-state index is 0.140. The molecule has 0 aliphatic heterocycles. The van der Waals surface area contributed by atoms with E-state index < -0.39 is 10.0 Å². The van der Waals surface area contributed by atoms with Crippen LogP contribution in [0.3, 0.4) is 0 Å². The topological polar surface area (TPSA) is 58.2 Å². The molecule has 0 amide bonds. The fourth-order valence-corrected chi connectivity index (χ4v) is 5.10. The van der Waals surface area contributed by atoms with Gasteiger partial charge in [0.05, 0.1) is 0 Å². The molecule has 2 rings (SSSR count). The quantitative estimate of drug-likeness (QED) is 0.842. The Labute approximate surface area is 113 Å². The first-order valence-electron chi connectivity index (χ1n) is 6.34. The van der Waals surface area contributed by atoms with Gasteiger partial charge in [0.1, 0.15) is 4.90 Å². The molecule has 0 spiro atoms. The Bertz CT molecular complexity index is 504.